The summed E-state index contributed by atoms with van der Waals surface area (Å²) in [4.78, 5) is 11.6. The molecule has 4 heteroatoms. The van der Waals surface area contributed by atoms with Crippen LogP contribution in [0.1, 0.15) is 20.8 Å². The normalized spacial score (nSPS) is 15.7. The molecule has 1 heterocycles. The number of rotatable bonds is 4. The Balaban J connectivity index is 2.87. The van der Waals surface area contributed by atoms with Crippen molar-refractivity contribution in [3.05, 3.63) is 23.2 Å². The van der Waals surface area contributed by atoms with Crippen LogP contribution in [0.15, 0.2) is 23.2 Å². The minimum absolute atomic E-state index is 0.286. The van der Waals surface area contributed by atoms with Gasteiger partial charge in [0.15, 0.2) is 0 Å². The van der Waals surface area contributed by atoms with Crippen molar-refractivity contribution in [3.63, 3.8) is 0 Å². The summed E-state index contributed by atoms with van der Waals surface area (Å²) in [7, 11) is 1.36. The number of carbonyl (C=O) groups is 1. The van der Waals surface area contributed by atoms with Gasteiger partial charge < -0.3 is 14.2 Å². The van der Waals surface area contributed by atoms with Crippen LogP contribution in [0.3, 0.4) is 0 Å². The molecule has 4 nitrogen and oxygen atoms in total. The van der Waals surface area contributed by atoms with E-state index >= 15 is 0 Å². The van der Waals surface area contributed by atoms with Gasteiger partial charge in [-0.15, -0.1) is 0 Å². The molecule has 0 aromatic rings. The van der Waals surface area contributed by atoms with Crippen molar-refractivity contribution in [3.8, 4) is 0 Å². The molecular formula is C12H18O4. The second-order valence-electron chi connectivity index (χ2n) is 4.11. The molecule has 0 N–H and O–H groups in total. The molecule has 1 aliphatic rings. The Bertz CT molecular complexity index is 326. The van der Waals surface area contributed by atoms with Crippen LogP contribution in [0.4, 0.5) is 0 Å². The maximum atomic E-state index is 11.6. The molecule has 0 radical (unpaired) electrons. The summed E-state index contributed by atoms with van der Waals surface area (Å²) in [5.74, 6) is 0.578. The van der Waals surface area contributed by atoms with E-state index in [4.69, 9.17) is 14.2 Å². The highest BCUT2D eigenvalue weighted by Gasteiger charge is 2.23. The maximum Gasteiger partial charge on any atom is 0.341 e. The average molecular weight is 226 g/mol. The standard InChI is InChI=1S/C12H18O4/c1-8(2)5-16-10-7-15-6-9(3)11(10)12(13)14-4/h6,8H,5,7H2,1-4H3. The maximum absolute atomic E-state index is 11.6. The molecule has 0 saturated carbocycles. The van der Waals surface area contributed by atoms with Crippen molar-refractivity contribution in [1.82, 2.24) is 0 Å². The number of ether oxygens (including phenoxy) is 3. The predicted octanol–water partition coefficient (Wildman–Crippen LogP) is 2.02. The van der Waals surface area contributed by atoms with Gasteiger partial charge >= 0.3 is 5.97 Å². The van der Waals surface area contributed by atoms with Crippen LogP contribution < -0.4 is 0 Å². The van der Waals surface area contributed by atoms with Crippen molar-refractivity contribution in [2.45, 2.75) is 20.8 Å². The molecule has 1 rings (SSSR count). The van der Waals surface area contributed by atoms with Gasteiger partial charge in [-0.05, 0) is 12.8 Å². The van der Waals surface area contributed by atoms with Crippen LogP contribution in [0, 0.1) is 5.92 Å². The first-order valence-corrected chi connectivity index (χ1v) is 5.29. The Morgan fingerprint density at radius 1 is 1.56 bits per heavy atom. The quantitative estimate of drug-likeness (QED) is 0.688. The van der Waals surface area contributed by atoms with Gasteiger partial charge in [0.05, 0.1) is 20.0 Å². The molecule has 90 valence electrons. The van der Waals surface area contributed by atoms with Gasteiger partial charge in [-0.3, -0.25) is 0 Å². The second-order valence-corrected chi connectivity index (χ2v) is 4.11. The van der Waals surface area contributed by atoms with E-state index < -0.39 is 0 Å². The molecule has 0 spiro atoms. The van der Waals surface area contributed by atoms with Gasteiger partial charge in [-0.1, -0.05) is 13.8 Å². The smallest absolute Gasteiger partial charge is 0.341 e. The molecule has 0 aliphatic carbocycles. The van der Waals surface area contributed by atoms with Crippen LogP contribution in [0.5, 0.6) is 0 Å². The van der Waals surface area contributed by atoms with E-state index in [1.165, 1.54) is 7.11 Å². The first-order valence-electron chi connectivity index (χ1n) is 5.29. The van der Waals surface area contributed by atoms with Crippen LogP contribution in [-0.4, -0.2) is 26.3 Å². The predicted molar refractivity (Wildman–Crippen MR) is 59.5 cm³/mol. The lowest BCUT2D eigenvalue weighted by Crippen LogP contribution is -2.18. The summed E-state index contributed by atoms with van der Waals surface area (Å²) >= 11 is 0. The molecule has 0 fully saturated rings. The zero-order valence-electron chi connectivity index (χ0n) is 10.2. The summed E-state index contributed by atoms with van der Waals surface area (Å²) in [5.41, 5.74) is 1.21. The molecule has 0 atom stereocenters. The minimum atomic E-state index is -0.379. The summed E-state index contributed by atoms with van der Waals surface area (Å²) in [6.07, 6.45) is 1.55. The van der Waals surface area contributed by atoms with E-state index in [2.05, 4.69) is 0 Å². The lowest BCUT2D eigenvalue weighted by atomic mass is 10.1. The lowest BCUT2D eigenvalue weighted by Gasteiger charge is -2.20. The topological polar surface area (TPSA) is 44.8 Å². The summed E-state index contributed by atoms with van der Waals surface area (Å²) in [6.45, 7) is 6.74. The highest BCUT2D eigenvalue weighted by molar-refractivity contribution is 5.93. The van der Waals surface area contributed by atoms with Crippen molar-refractivity contribution < 1.29 is 19.0 Å². The Labute approximate surface area is 95.9 Å². The molecule has 0 unspecified atom stereocenters. The average Bonchev–Trinajstić information content (AvgIpc) is 2.25. The summed E-state index contributed by atoms with van der Waals surface area (Å²) in [5, 5.41) is 0. The van der Waals surface area contributed by atoms with Gasteiger partial charge in [0, 0.05) is 5.57 Å². The fourth-order valence-corrected chi connectivity index (χ4v) is 1.35. The van der Waals surface area contributed by atoms with Crippen LogP contribution in [0.2, 0.25) is 0 Å². The third-order valence-corrected chi connectivity index (χ3v) is 2.13. The SMILES string of the molecule is COC(=O)C1=C(OCC(C)C)COC=C1C. The van der Waals surface area contributed by atoms with Crippen molar-refractivity contribution in [2.75, 3.05) is 20.3 Å². The summed E-state index contributed by atoms with van der Waals surface area (Å²) in [6, 6.07) is 0. The Morgan fingerprint density at radius 2 is 2.25 bits per heavy atom. The van der Waals surface area contributed by atoms with Gasteiger partial charge in [0.25, 0.3) is 0 Å². The van der Waals surface area contributed by atoms with Crippen LogP contribution in [-0.2, 0) is 19.0 Å². The van der Waals surface area contributed by atoms with Crippen molar-refractivity contribution >= 4 is 5.97 Å². The molecule has 0 bridgehead atoms. The van der Waals surface area contributed by atoms with E-state index in [1.54, 1.807) is 13.2 Å². The van der Waals surface area contributed by atoms with E-state index in [1.807, 2.05) is 13.8 Å². The van der Waals surface area contributed by atoms with E-state index in [0.717, 1.165) is 5.57 Å². The van der Waals surface area contributed by atoms with E-state index in [9.17, 15) is 4.79 Å². The highest BCUT2D eigenvalue weighted by Crippen LogP contribution is 2.22. The molecule has 1 aliphatic heterocycles. The molecule has 0 aromatic heterocycles. The molecule has 0 aromatic carbocycles. The van der Waals surface area contributed by atoms with Crippen LogP contribution >= 0.6 is 0 Å². The van der Waals surface area contributed by atoms with Gasteiger partial charge in [-0.25, -0.2) is 4.79 Å². The number of hydrogen-bond acceptors (Lipinski definition) is 4. The number of esters is 1. The largest absolute Gasteiger partial charge is 0.493 e. The monoisotopic (exact) mass is 226 g/mol. The molecular weight excluding hydrogens is 208 g/mol. The fourth-order valence-electron chi connectivity index (χ4n) is 1.35. The van der Waals surface area contributed by atoms with Gasteiger partial charge in [0.2, 0.25) is 0 Å². The highest BCUT2D eigenvalue weighted by atomic mass is 16.5. The third kappa shape index (κ3) is 3.02. The Morgan fingerprint density at radius 3 is 2.81 bits per heavy atom. The summed E-state index contributed by atoms with van der Waals surface area (Å²) < 4.78 is 15.5. The van der Waals surface area contributed by atoms with E-state index in [-0.39, 0.29) is 12.6 Å². The first-order chi connectivity index (χ1) is 7.56. The number of methoxy groups -OCH3 is 1. The second kappa shape index (κ2) is 5.58. The minimum Gasteiger partial charge on any atom is -0.493 e. The Kier molecular flexibility index (Phi) is 4.40. The fraction of sp³-hybridized carbons (Fsp3) is 0.583. The number of carbonyl (C=O) groups excluding carboxylic acids is 1. The van der Waals surface area contributed by atoms with Gasteiger partial charge in [0.1, 0.15) is 17.9 Å². The molecule has 0 saturated heterocycles. The first kappa shape index (κ1) is 12.6. The van der Waals surface area contributed by atoms with Gasteiger partial charge in [-0.2, -0.15) is 0 Å². The van der Waals surface area contributed by atoms with Crippen molar-refractivity contribution in [1.29, 1.82) is 0 Å². The third-order valence-electron chi connectivity index (χ3n) is 2.13. The molecule has 0 amide bonds. The zero-order valence-corrected chi connectivity index (χ0v) is 10.2. The molecule has 16 heavy (non-hydrogen) atoms. The van der Waals surface area contributed by atoms with Crippen molar-refractivity contribution in [2.24, 2.45) is 5.92 Å². The van der Waals surface area contributed by atoms with Crippen LogP contribution in [0.25, 0.3) is 0 Å². The Hall–Kier alpha value is -1.45. The van der Waals surface area contributed by atoms with E-state index in [0.29, 0.717) is 23.9 Å². The lowest BCUT2D eigenvalue weighted by molar-refractivity contribution is -0.136. The zero-order chi connectivity index (χ0) is 12.1. The number of hydrogen-bond donors (Lipinski definition) is 0.